The first-order chi connectivity index (χ1) is 11.0. The van der Waals surface area contributed by atoms with Crippen LogP contribution in [0.3, 0.4) is 0 Å². The Balaban J connectivity index is 2.01. The second-order valence-electron chi connectivity index (χ2n) is 6.03. The number of benzene rings is 1. The van der Waals surface area contributed by atoms with Crippen LogP contribution in [0, 0.1) is 5.92 Å². The monoisotopic (exact) mass is 319 g/mol. The number of nitrogens with zero attached hydrogens (tertiary/aromatic N) is 2. The van der Waals surface area contributed by atoms with Crippen LogP contribution >= 0.6 is 0 Å². The number of nitrogens with one attached hydrogen (secondary N) is 1. The molecule has 1 heterocycles. The second kappa shape index (κ2) is 7.85. The lowest BCUT2D eigenvalue weighted by Crippen LogP contribution is -2.40. The van der Waals surface area contributed by atoms with Crippen molar-refractivity contribution in [3.05, 3.63) is 24.3 Å². The molecular formula is C17H25N3O3. The zero-order valence-corrected chi connectivity index (χ0v) is 14.0. The number of para-hydroxylation sites is 2. The molecular weight excluding hydrogens is 294 g/mol. The van der Waals surface area contributed by atoms with Gasteiger partial charge in [0.15, 0.2) is 0 Å². The number of rotatable bonds is 5. The average molecular weight is 319 g/mol. The quantitative estimate of drug-likeness (QED) is 0.828. The Bertz CT molecular complexity index is 562. The van der Waals surface area contributed by atoms with E-state index in [0.717, 1.165) is 24.5 Å². The van der Waals surface area contributed by atoms with Crippen molar-refractivity contribution in [1.29, 1.82) is 0 Å². The van der Waals surface area contributed by atoms with Gasteiger partial charge in [-0.2, -0.15) is 0 Å². The smallest absolute Gasteiger partial charge is 0.307 e. The Kier molecular flexibility index (Phi) is 5.84. The van der Waals surface area contributed by atoms with Crippen LogP contribution in [-0.4, -0.2) is 52.2 Å². The number of carbonyl (C=O) groups is 2. The number of carbonyl (C=O) groups excluding carboxylic acids is 2. The summed E-state index contributed by atoms with van der Waals surface area (Å²) < 4.78 is 4.56. The summed E-state index contributed by atoms with van der Waals surface area (Å²) in [6, 6.07) is 8.13. The maximum atomic E-state index is 12.2. The Morgan fingerprint density at radius 1 is 1.26 bits per heavy atom. The summed E-state index contributed by atoms with van der Waals surface area (Å²) in [6.07, 6.45) is 0.192. The van der Waals surface area contributed by atoms with Crippen LogP contribution < -0.4 is 15.1 Å². The molecule has 126 valence electrons. The predicted molar refractivity (Wildman–Crippen MR) is 90.7 cm³/mol. The lowest BCUT2D eigenvalue weighted by Gasteiger charge is -2.25. The van der Waals surface area contributed by atoms with Gasteiger partial charge in [0.1, 0.15) is 0 Å². The number of anilines is 2. The Hall–Kier alpha value is -2.24. The number of hydrogen-bond donors (Lipinski definition) is 1. The molecule has 0 fully saturated rings. The molecule has 1 amide bonds. The van der Waals surface area contributed by atoms with E-state index in [2.05, 4.69) is 39.9 Å². The molecule has 0 aromatic heterocycles. The summed E-state index contributed by atoms with van der Waals surface area (Å²) in [4.78, 5) is 27.6. The highest BCUT2D eigenvalue weighted by Gasteiger charge is 2.23. The molecule has 1 aliphatic heterocycles. The van der Waals surface area contributed by atoms with Crippen molar-refractivity contribution in [2.75, 3.05) is 50.1 Å². The van der Waals surface area contributed by atoms with E-state index in [9.17, 15) is 9.59 Å². The Morgan fingerprint density at radius 3 is 2.65 bits per heavy atom. The fourth-order valence-corrected chi connectivity index (χ4v) is 2.94. The summed E-state index contributed by atoms with van der Waals surface area (Å²) in [6.45, 7) is 4.56. The minimum atomic E-state index is -0.319. The summed E-state index contributed by atoms with van der Waals surface area (Å²) in [5.74, 6) is 0.0522. The van der Waals surface area contributed by atoms with E-state index in [1.807, 2.05) is 18.2 Å². The minimum absolute atomic E-state index is 0.0829. The fourth-order valence-electron chi connectivity index (χ4n) is 2.94. The lowest BCUT2D eigenvalue weighted by atomic mass is 10.1. The Labute approximate surface area is 137 Å². The molecule has 0 aliphatic carbocycles. The van der Waals surface area contributed by atoms with Crippen LogP contribution in [0.4, 0.5) is 11.4 Å². The predicted octanol–water partition coefficient (Wildman–Crippen LogP) is 1.26. The molecule has 0 saturated heterocycles. The molecule has 23 heavy (non-hydrogen) atoms. The number of ether oxygens (including phenoxy) is 1. The van der Waals surface area contributed by atoms with Crippen LogP contribution in [0.2, 0.25) is 0 Å². The third-order valence-electron chi connectivity index (χ3n) is 3.96. The van der Waals surface area contributed by atoms with Gasteiger partial charge >= 0.3 is 5.97 Å². The van der Waals surface area contributed by atoms with E-state index in [-0.39, 0.29) is 24.8 Å². The maximum absolute atomic E-state index is 12.2. The number of esters is 1. The highest BCUT2D eigenvalue weighted by atomic mass is 16.5. The van der Waals surface area contributed by atoms with Gasteiger partial charge in [-0.05, 0) is 18.1 Å². The van der Waals surface area contributed by atoms with E-state index >= 15 is 0 Å². The van der Waals surface area contributed by atoms with Gasteiger partial charge in [0.2, 0.25) is 5.91 Å². The lowest BCUT2D eigenvalue weighted by molar-refractivity contribution is -0.140. The minimum Gasteiger partial charge on any atom is -0.469 e. The van der Waals surface area contributed by atoms with Crippen LogP contribution in [0.5, 0.6) is 0 Å². The average Bonchev–Trinajstić information content (AvgIpc) is 2.64. The van der Waals surface area contributed by atoms with Crippen molar-refractivity contribution < 1.29 is 14.3 Å². The molecule has 1 aromatic carbocycles. The summed E-state index contributed by atoms with van der Waals surface area (Å²) in [7, 11) is 3.42. The molecule has 0 saturated carbocycles. The van der Waals surface area contributed by atoms with Crippen LogP contribution in [-0.2, 0) is 14.3 Å². The van der Waals surface area contributed by atoms with Gasteiger partial charge in [0, 0.05) is 26.7 Å². The first-order valence-electron chi connectivity index (χ1n) is 7.90. The number of amides is 1. The van der Waals surface area contributed by atoms with Gasteiger partial charge < -0.3 is 19.9 Å². The summed E-state index contributed by atoms with van der Waals surface area (Å²) in [5.41, 5.74) is 2.21. The van der Waals surface area contributed by atoms with Crippen LogP contribution in [0.15, 0.2) is 24.3 Å². The Morgan fingerprint density at radius 2 is 1.96 bits per heavy atom. The number of methoxy groups -OCH3 is 1. The van der Waals surface area contributed by atoms with E-state index in [0.29, 0.717) is 12.5 Å². The van der Waals surface area contributed by atoms with Crippen LogP contribution in [0.25, 0.3) is 0 Å². The first-order valence-corrected chi connectivity index (χ1v) is 7.90. The molecule has 0 radical (unpaired) electrons. The van der Waals surface area contributed by atoms with Crippen molar-refractivity contribution in [3.63, 3.8) is 0 Å². The number of hydrogen-bond acceptors (Lipinski definition) is 5. The van der Waals surface area contributed by atoms with Gasteiger partial charge in [-0.15, -0.1) is 0 Å². The molecule has 2 rings (SSSR count). The zero-order chi connectivity index (χ0) is 16.8. The molecule has 6 nitrogen and oxygen atoms in total. The fraction of sp³-hybridized carbons (Fsp3) is 0.529. The van der Waals surface area contributed by atoms with Crippen molar-refractivity contribution >= 4 is 23.3 Å². The highest BCUT2D eigenvalue weighted by Crippen LogP contribution is 2.32. The SMILES string of the molecule is COC(=O)CCNC(=O)CN1C[C@H](C)CN(C)c2ccccc21. The zero-order valence-electron chi connectivity index (χ0n) is 14.0. The van der Waals surface area contributed by atoms with Gasteiger partial charge in [-0.25, -0.2) is 0 Å². The standard InChI is InChI=1S/C17H25N3O3/c1-13-10-19(2)14-6-4-5-7-15(14)20(11-13)12-16(21)18-9-8-17(22)23-3/h4-7,13H,8-12H2,1-3H3,(H,18,21)/t13-/m1/s1. The van der Waals surface area contributed by atoms with E-state index in [4.69, 9.17) is 0 Å². The van der Waals surface area contributed by atoms with Crippen molar-refractivity contribution in [2.24, 2.45) is 5.92 Å². The molecule has 1 N–H and O–H groups in total. The van der Waals surface area contributed by atoms with E-state index < -0.39 is 0 Å². The summed E-state index contributed by atoms with van der Waals surface area (Å²) in [5, 5.41) is 2.78. The highest BCUT2D eigenvalue weighted by molar-refractivity contribution is 5.84. The molecule has 1 aliphatic rings. The summed E-state index contributed by atoms with van der Waals surface area (Å²) >= 11 is 0. The van der Waals surface area contributed by atoms with Gasteiger partial charge in [-0.3, -0.25) is 9.59 Å². The first kappa shape index (κ1) is 17.1. The van der Waals surface area contributed by atoms with E-state index in [1.54, 1.807) is 0 Å². The molecule has 6 heteroatoms. The largest absolute Gasteiger partial charge is 0.469 e. The van der Waals surface area contributed by atoms with Crippen molar-refractivity contribution in [2.45, 2.75) is 13.3 Å². The maximum Gasteiger partial charge on any atom is 0.307 e. The van der Waals surface area contributed by atoms with E-state index in [1.165, 1.54) is 7.11 Å². The number of fused-ring (bicyclic) bond motifs is 1. The molecule has 1 atom stereocenters. The topological polar surface area (TPSA) is 61.9 Å². The second-order valence-corrected chi connectivity index (χ2v) is 6.03. The van der Waals surface area contributed by atoms with Gasteiger partial charge in [0.25, 0.3) is 0 Å². The molecule has 0 spiro atoms. The third kappa shape index (κ3) is 4.61. The van der Waals surface area contributed by atoms with Gasteiger partial charge in [0.05, 0.1) is 31.5 Å². The van der Waals surface area contributed by atoms with Crippen molar-refractivity contribution in [3.8, 4) is 0 Å². The molecule has 0 bridgehead atoms. The molecule has 0 unspecified atom stereocenters. The van der Waals surface area contributed by atoms with Crippen LogP contribution in [0.1, 0.15) is 13.3 Å². The molecule has 1 aromatic rings. The third-order valence-corrected chi connectivity index (χ3v) is 3.96. The normalized spacial score (nSPS) is 17.3. The van der Waals surface area contributed by atoms with Gasteiger partial charge in [-0.1, -0.05) is 19.1 Å². The van der Waals surface area contributed by atoms with Crippen molar-refractivity contribution in [1.82, 2.24) is 5.32 Å².